The third kappa shape index (κ3) is 4.38. The van der Waals surface area contributed by atoms with Gasteiger partial charge in [0, 0.05) is 31.0 Å². The Labute approximate surface area is 140 Å². The van der Waals surface area contributed by atoms with E-state index in [4.69, 9.17) is 0 Å². The molecule has 0 atom stereocenters. The summed E-state index contributed by atoms with van der Waals surface area (Å²) >= 11 is 0. The molecule has 0 aliphatic heterocycles. The lowest BCUT2D eigenvalue weighted by Gasteiger charge is -2.22. The molecule has 0 saturated carbocycles. The van der Waals surface area contributed by atoms with Crippen molar-refractivity contribution in [2.75, 3.05) is 0 Å². The summed E-state index contributed by atoms with van der Waals surface area (Å²) in [7, 11) is 0. The smallest absolute Gasteiger partial charge is 0.235 e. The number of pyridine rings is 1. The molecule has 1 aromatic heterocycles. The van der Waals surface area contributed by atoms with Crippen molar-refractivity contribution in [3.8, 4) is 0 Å². The van der Waals surface area contributed by atoms with Crippen LogP contribution in [0.5, 0.6) is 0 Å². The van der Waals surface area contributed by atoms with E-state index >= 15 is 0 Å². The Hall–Kier alpha value is -2.76. The zero-order valence-electron chi connectivity index (χ0n) is 13.7. The Morgan fingerprint density at radius 2 is 1.71 bits per heavy atom. The molecule has 0 aliphatic rings. The lowest BCUT2D eigenvalue weighted by atomic mass is 9.91. The average molecular weight is 329 g/mol. The number of benzene rings is 1. The van der Waals surface area contributed by atoms with Gasteiger partial charge < -0.3 is 10.6 Å². The number of rotatable bonds is 6. The molecule has 24 heavy (non-hydrogen) atoms. The van der Waals surface area contributed by atoms with Gasteiger partial charge in [0.1, 0.15) is 11.2 Å². The average Bonchev–Trinajstić information content (AvgIpc) is 2.59. The quantitative estimate of drug-likeness (QED) is 0.798. The largest absolute Gasteiger partial charge is 0.351 e. The van der Waals surface area contributed by atoms with Gasteiger partial charge in [0.15, 0.2) is 0 Å². The van der Waals surface area contributed by atoms with Crippen LogP contribution in [0.25, 0.3) is 0 Å². The summed E-state index contributed by atoms with van der Waals surface area (Å²) in [6.45, 7) is 3.38. The van der Waals surface area contributed by atoms with Crippen molar-refractivity contribution < 1.29 is 14.0 Å². The number of halogens is 1. The van der Waals surface area contributed by atoms with Crippen LogP contribution < -0.4 is 10.6 Å². The van der Waals surface area contributed by atoms with Crippen LogP contribution in [0, 0.1) is 11.2 Å². The second-order valence-corrected chi connectivity index (χ2v) is 5.94. The number of amides is 2. The number of aromatic nitrogens is 1. The SMILES string of the molecule is CC(C)(C(=O)NCc1cccnc1)C(=O)NCc1ccccc1F. The Bertz CT molecular complexity index is 717. The molecule has 1 aromatic carbocycles. The molecule has 1 heterocycles. The predicted molar refractivity (Wildman–Crippen MR) is 88.1 cm³/mol. The second kappa shape index (κ2) is 7.68. The highest BCUT2D eigenvalue weighted by Gasteiger charge is 2.35. The van der Waals surface area contributed by atoms with Gasteiger partial charge in [-0.05, 0) is 31.5 Å². The van der Waals surface area contributed by atoms with Crippen molar-refractivity contribution >= 4 is 11.8 Å². The molecule has 0 radical (unpaired) electrons. The molecule has 0 bridgehead atoms. The van der Waals surface area contributed by atoms with Crippen LogP contribution in [0.4, 0.5) is 4.39 Å². The summed E-state index contributed by atoms with van der Waals surface area (Å²) in [6, 6.07) is 9.79. The van der Waals surface area contributed by atoms with Crippen LogP contribution in [0.15, 0.2) is 48.8 Å². The normalized spacial score (nSPS) is 11.0. The summed E-state index contributed by atoms with van der Waals surface area (Å²) in [5.41, 5.74) is -0.0566. The maximum atomic E-state index is 13.6. The van der Waals surface area contributed by atoms with Gasteiger partial charge in [-0.15, -0.1) is 0 Å². The lowest BCUT2D eigenvalue weighted by molar-refractivity contribution is -0.141. The Morgan fingerprint density at radius 1 is 1.04 bits per heavy atom. The van der Waals surface area contributed by atoms with Crippen LogP contribution in [0.3, 0.4) is 0 Å². The van der Waals surface area contributed by atoms with E-state index in [0.717, 1.165) is 5.56 Å². The predicted octanol–water partition coefficient (Wildman–Crippen LogP) is 2.18. The highest BCUT2D eigenvalue weighted by molar-refractivity contribution is 6.04. The van der Waals surface area contributed by atoms with Crippen molar-refractivity contribution in [3.05, 3.63) is 65.7 Å². The fourth-order valence-corrected chi connectivity index (χ4v) is 2.05. The van der Waals surface area contributed by atoms with Crippen molar-refractivity contribution in [2.45, 2.75) is 26.9 Å². The second-order valence-electron chi connectivity index (χ2n) is 5.94. The summed E-state index contributed by atoms with van der Waals surface area (Å²) in [4.78, 5) is 28.6. The lowest BCUT2D eigenvalue weighted by Crippen LogP contribution is -2.47. The molecule has 0 fully saturated rings. The zero-order chi connectivity index (χ0) is 17.6. The van der Waals surface area contributed by atoms with E-state index in [9.17, 15) is 14.0 Å². The third-order valence-corrected chi connectivity index (χ3v) is 3.71. The van der Waals surface area contributed by atoms with Gasteiger partial charge in [0.05, 0.1) is 0 Å². The molecule has 0 spiro atoms. The minimum atomic E-state index is -1.27. The van der Waals surface area contributed by atoms with Gasteiger partial charge in [-0.25, -0.2) is 4.39 Å². The molecule has 0 aliphatic carbocycles. The first-order valence-electron chi connectivity index (χ1n) is 7.60. The summed E-state index contributed by atoms with van der Waals surface area (Å²) in [6.07, 6.45) is 3.29. The van der Waals surface area contributed by atoms with Crippen LogP contribution in [-0.4, -0.2) is 16.8 Å². The maximum absolute atomic E-state index is 13.6. The van der Waals surface area contributed by atoms with E-state index in [1.54, 1.807) is 36.7 Å². The number of carbonyl (C=O) groups excluding carboxylic acids is 2. The molecular weight excluding hydrogens is 309 g/mol. The minimum Gasteiger partial charge on any atom is -0.351 e. The van der Waals surface area contributed by atoms with Gasteiger partial charge in [-0.2, -0.15) is 0 Å². The molecule has 2 N–H and O–H groups in total. The number of hydrogen-bond acceptors (Lipinski definition) is 3. The Kier molecular flexibility index (Phi) is 5.63. The van der Waals surface area contributed by atoms with Crippen LogP contribution >= 0.6 is 0 Å². The fraction of sp³-hybridized carbons (Fsp3) is 0.278. The van der Waals surface area contributed by atoms with Gasteiger partial charge in [0.25, 0.3) is 0 Å². The van der Waals surface area contributed by atoms with Gasteiger partial charge >= 0.3 is 0 Å². The molecule has 2 amide bonds. The standard InChI is InChI=1S/C18H20FN3O2/c1-18(2,16(23)21-11-13-6-5-9-20-10-13)17(24)22-12-14-7-3-4-8-15(14)19/h3-10H,11-12H2,1-2H3,(H,21,23)(H,22,24). The van der Waals surface area contributed by atoms with E-state index in [0.29, 0.717) is 5.56 Å². The Morgan fingerprint density at radius 3 is 2.33 bits per heavy atom. The molecule has 126 valence electrons. The number of carbonyl (C=O) groups is 2. The summed E-state index contributed by atoms with van der Waals surface area (Å²) < 4.78 is 13.6. The molecule has 0 unspecified atom stereocenters. The molecule has 2 aromatic rings. The van der Waals surface area contributed by atoms with E-state index in [1.165, 1.54) is 19.9 Å². The van der Waals surface area contributed by atoms with Crippen LogP contribution in [0.1, 0.15) is 25.0 Å². The Balaban J connectivity index is 1.91. The van der Waals surface area contributed by atoms with E-state index < -0.39 is 23.0 Å². The molecule has 2 rings (SSSR count). The molecular formula is C18H20FN3O2. The monoisotopic (exact) mass is 329 g/mol. The molecule has 0 saturated heterocycles. The minimum absolute atomic E-state index is 0.0326. The number of hydrogen-bond donors (Lipinski definition) is 2. The molecule has 5 nitrogen and oxygen atoms in total. The first-order valence-corrected chi connectivity index (χ1v) is 7.60. The van der Waals surface area contributed by atoms with Crippen molar-refractivity contribution in [3.63, 3.8) is 0 Å². The van der Waals surface area contributed by atoms with E-state index in [-0.39, 0.29) is 13.1 Å². The molecule has 6 heteroatoms. The first kappa shape index (κ1) is 17.6. The highest BCUT2D eigenvalue weighted by Crippen LogP contribution is 2.16. The van der Waals surface area contributed by atoms with Crippen molar-refractivity contribution in [1.29, 1.82) is 0 Å². The van der Waals surface area contributed by atoms with E-state index in [1.807, 2.05) is 6.07 Å². The number of nitrogens with zero attached hydrogens (tertiary/aromatic N) is 1. The first-order chi connectivity index (χ1) is 11.4. The van der Waals surface area contributed by atoms with Crippen molar-refractivity contribution in [2.24, 2.45) is 5.41 Å². The highest BCUT2D eigenvalue weighted by atomic mass is 19.1. The van der Waals surface area contributed by atoms with Gasteiger partial charge in [-0.3, -0.25) is 14.6 Å². The maximum Gasteiger partial charge on any atom is 0.235 e. The van der Waals surface area contributed by atoms with Gasteiger partial charge in [0.2, 0.25) is 11.8 Å². The summed E-state index contributed by atoms with van der Waals surface area (Å²) in [5.74, 6) is -1.26. The topological polar surface area (TPSA) is 71.1 Å². The third-order valence-electron chi connectivity index (χ3n) is 3.71. The van der Waals surface area contributed by atoms with Gasteiger partial charge in [-0.1, -0.05) is 24.3 Å². The zero-order valence-corrected chi connectivity index (χ0v) is 13.7. The fourth-order valence-electron chi connectivity index (χ4n) is 2.05. The van der Waals surface area contributed by atoms with E-state index in [2.05, 4.69) is 15.6 Å². The van der Waals surface area contributed by atoms with Crippen molar-refractivity contribution in [1.82, 2.24) is 15.6 Å². The summed E-state index contributed by atoms with van der Waals surface area (Å²) in [5, 5.41) is 5.32. The van der Waals surface area contributed by atoms with Crippen LogP contribution in [-0.2, 0) is 22.7 Å². The van der Waals surface area contributed by atoms with Crippen LogP contribution in [0.2, 0.25) is 0 Å². The number of nitrogens with one attached hydrogen (secondary N) is 2.